The second-order valence-electron chi connectivity index (χ2n) is 7.87. The Morgan fingerprint density at radius 2 is 1.96 bits per heavy atom. The quantitative estimate of drug-likeness (QED) is 0.757. The molecule has 2 amide bonds. The SMILES string of the molecule is CC(=O)N(C)c1nc(-c2ccc3c(c2)CCCN3C(=O)C2CCCCC2)cs1. The molecule has 1 fully saturated rings. The van der Waals surface area contributed by atoms with Crippen LogP contribution in [-0.4, -0.2) is 30.4 Å². The highest BCUT2D eigenvalue weighted by atomic mass is 32.1. The van der Waals surface area contributed by atoms with Crippen molar-refractivity contribution in [1.82, 2.24) is 4.98 Å². The lowest BCUT2D eigenvalue weighted by Crippen LogP contribution is -2.40. The Morgan fingerprint density at radius 3 is 2.71 bits per heavy atom. The minimum absolute atomic E-state index is 0.0248. The Bertz CT molecular complexity index is 886. The summed E-state index contributed by atoms with van der Waals surface area (Å²) < 4.78 is 0. The molecule has 6 heteroatoms. The Morgan fingerprint density at radius 1 is 1.18 bits per heavy atom. The minimum atomic E-state index is -0.0248. The van der Waals surface area contributed by atoms with E-state index >= 15 is 0 Å². The van der Waals surface area contributed by atoms with E-state index < -0.39 is 0 Å². The number of nitrogens with zero attached hydrogens (tertiary/aromatic N) is 3. The zero-order valence-corrected chi connectivity index (χ0v) is 17.4. The molecular weight excluding hydrogens is 370 g/mol. The van der Waals surface area contributed by atoms with Crippen molar-refractivity contribution in [1.29, 1.82) is 0 Å². The van der Waals surface area contributed by atoms with Crippen molar-refractivity contribution < 1.29 is 9.59 Å². The van der Waals surface area contributed by atoms with E-state index in [1.165, 1.54) is 43.1 Å². The molecule has 1 aromatic carbocycles. The first-order valence-electron chi connectivity index (χ1n) is 10.2. The Kier molecular flexibility index (Phi) is 5.49. The molecule has 0 unspecified atom stereocenters. The Labute approximate surface area is 170 Å². The predicted molar refractivity (Wildman–Crippen MR) is 114 cm³/mol. The lowest BCUT2D eigenvalue weighted by molar-refractivity contribution is -0.123. The number of rotatable bonds is 3. The summed E-state index contributed by atoms with van der Waals surface area (Å²) in [5, 5.41) is 2.69. The van der Waals surface area contributed by atoms with Crippen LogP contribution in [0, 0.1) is 5.92 Å². The van der Waals surface area contributed by atoms with Crippen LogP contribution in [0.25, 0.3) is 11.3 Å². The van der Waals surface area contributed by atoms with Gasteiger partial charge in [-0.05, 0) is 43.4 Å². The molecule has 28 heavy (non-hydrogen) atoms. The third-order valence-corrected chi connectivity index (χ3v) is 6.88. The van der Waals surface area contributed by atoms with Crippen LogP contribution in [0.4, 0.5) is 10.8 Å². The molecule has 0 spiro atoms. The fraction of sp³-hybridized carbons (Fsp3) is 0.500. The third kappa shape index (κ3) is 3.70. The first-order chi connectivity index (χ1) is 13.5. The first-order valence-corrected chi connectivity index (χ1v) is 11.1. The number of carbonyl (C=O) groups is 2. The molecule has 0 bridgehead atoms. The van der Waals surface area contributed by atoms with Crippen LogP contribution in [-0.2, 0) is 16.0 Å². The van der Waals surface area contributed by atoms with Gasteiger partial charge in [-0.3, -0.25) is 14.5 Å². The number of hydrogen-bond acceptors (Lipinski definition) is 4. The van der Waals surface area contributed by atoms with Crippen molar-refractivity contribution in [3.05, 3.63) is 29.1 Å². The third-order valence-electron chi connectivity index (χ3n) is 5.97. The maximum Gasteiger partial charge on any atom is 0.230 e. The Hall–Kier alpha value is -2.21. The van der Waals surface area contributed by atoms with E-state index in [0.29, 0.717) is 11.0 Å². The summed E-state index contributed by atoms with van der Waals surface area (Å²) in [6.07, 6.45) is 7.68. The number of fused-ring (bicyclic) bond motifs is 1. The summed E-state index contributed by atoms with van der Waals surface area (Å²) in [7, 11) is 1.74. The highest BCUT2D eigenvalue weighted by molar-refractivity contribution is 7.14. The zero-order valence-electron chi connectivity index (χ0n) is 16.6. The van der Waals surface area contributed by atoms with E-state index in [1.54, 1.807) is 11.9 Å². The largest absolute Gasteiger partial charge is 0.312 e. The second-order valence-corrected chi connectivity index (χ2v) is 8.70. The minimum Gasteiger partial charge on any atom is -0.312 e. The number of amides is 2. The van der Waals surface area contributed by atoms with E-state index in [4.69, 9.17) is 0 Å². The van der Waals surface area contributed by atoms with Crippen molar-refractivity contribution in [2.45, 2.75) is 51.9 Å². The number of carbonyl (C=O) groups excluding carboxylic acids is 2. The zero-order chi connectivity index (χ0) is 19.7. The summed E-state index contributed by atoms with van der Waals surface area (Å²) >= 11 is 1.47. The summed E-state index contributed by atoms with van der Waals surface area (Å²) in [6.45, 7) is 2.36. The molecular formula is C22H27N3O2S. The fourth-order valence-corrected chi connectivity index (χ4v) is 5.08. The smallest absolute Gasteiger partial charge is 0.230 e. The molecule has 2 heterocycles. The van der Waals surface area contributed by atoms with E-state index in [9.17, 15) is 9.59 Å². The molecule has 1 aliphatic carbocycles. The van der Waals surface area contributed by atoms with Crippen LogP contribution in [0.1, 0.15) is 51.0 Å². The van der Waals surface area contributed by atoms with Gasteiger partial charge in [0.1, 0.15) is 0 Å². The van der Waals surface area contributed by atoms with Gasteiger partial charge in [0.05, 0.1) is 5.69 Å². The number of anilines is 2. The molecule has 1 aromatic heterocycles. The normalized spacial score (nSPS) is 17.3. The van der Waals surface area contributed by atoms with Crippen molar-refractivity contribution in [2.75, 3.05) is 23.4 Å². The van der Waals surface area contributed by atoms with Gasteiger partial charge in [0.25, 0.3) is 0 Å². The number of aromatic nitrogens is 1. The summed E-state index contributed by atoms with van der Waals surface area (Å²) in [4.78, 5) is 32.9. The van der Waals surface area contributed by atoms with E-state index in [1.807, 2.05) is 10.3 Å². The van der Waals surface area contributed by atoms with Crippen LogP contribution in [0.3, 0.4) is 0 Å². The Balaban J connectivity index is 1.58. The fourth-order valence-electron chi connectivity index (χ4n) is 4.24. The van der Waals surface area contributed by atoms with E-state index in [2.05, 4.69) is 23.2 Å². The van der Waals surface area contributed by atoms with Gasteiger partial charge >= 0.3 is 0 Å². The predicted octanol–water partition coefficient (Wildman–Crippen LogP) is 4.65. The molecule has 1 aliphatic heterocycles. The van der Waals surface area contributed by atoms with E-state index in [0.717, 1.165) is 49.2 Å². The van der Waals surface area contributed by atoms with Crippen LogP contribution < -0.4 is 9.80 Å². The summed E-state index contributed by atoms with van der Waals surface area (Å²) in [5.74, 6) is 0.484. The highest BCUT2D eigenvalue weighted by Gasteiger charge is 2.29. The highest BCUT2D eigenvalue weighted by Crippen LogP contribution is 2.35. The monoisotopic (exact) mass is 397 g/mol. The van der Waals surface area contributed by atoms with Crippen molar-refractivity contribution in [3.8, 4) is 11.3 Å². The molecule has 2 aromatic rings. The van der Waals surface area contributed by atoms with Crippen LogP contribution in [0.2, 0.25) is 0 Å². The summed E-state index contributed by atoms with van der Waals surface area (Å²) in [6, 6.07) is 6.30. The average Bonchev–Trinajstić information content (AvgIpc) is 3.22. The number of benzene rings is 1. The average molecular weight is 398 g/mol. The maximum atomic E-state index is 13.1. The van der Waals surface area contributed by atoms with Gasteiger partial charge in [-0.15, -0.1) is 11.3 Å². The van der Waals surface area contributed by atoms with Gasteiger partial charge < -0.3 is 4.90 Å². The molecule has 4 rings (SSSR count). The maximum absolute atomic E-state index is 13.1. The van der Waals surface area contributed by atoms with Gasteiger partial charge in [0.2, 0.25) is 11.8 Å². The van der Waals surface area contributed by atoms with Crippen molar-refractivity contribution in [2.24, 2.45) is 5.92 Å². The molecule has 0 radical (unpaired) electrons. The number of hydrogen-bond donors (Lipinski definition) is 0. The molecule has 5 nitrogen and oxygen atoms in total. The number of aryl methyl sites for hydroxylation is 1. The van der Waals surface area contributed by atoms with Gasteiger partial charge in [-0.25, -0.2) is 4.98 Å². The topological polar surface area (TPSA) is 53.5 Å². The van der Waals surface area contributed by atoms with Gasteiger partial charge in [-0.1, -0.05) is 25.3 Å². The van der Waals surface area contributed by atoms with Crippen molar-refractivity contribution >= 4 is 34.0 Å². The number of thiazole rings is 1. The standard InChI is InChI=1S/C22H27N3O2S/c1-15(26)24(2)22-23-19(14-28-22)17-10-11-20-18(13-17)9-6-12-25(20)21(27)16-7-4-3-5-8-16/h10-11,13-14,16H,3-9,12H2,1-2H3. The van der Waals surface area contributed by atoms with E-state index in [-0.39, 0.29) is 11.8 Å². The van der Waals surface area contributed by atoms with Crippen molar-refractivity contribution in [3.63, 3.8) is 0 Å². The van der Waals surface area contributed by atoms with Crippen LogP contribution >= 0.6 is 11.3 Å². The molecule has 148 valence electrons. The lowest BCUT2D eigenvalue weighted by atomic mass is 9.87. The molecule has 0 atom stereocenters. The second kappa shape index (κ2) is 8.03. The van der Waals surface area contributed by atoms with Crippen LogP contribution in [0.5, 0.6) is 0 Å². The molecule has 0 saturated heterocycles. The first kappa shape index (κ1) is 19.1. The van der Waals surface area contributed by atoms with Crippen LogP contribution in [0.15, 0.2) is 23.6 Å². The molecule has 0 N–H and O–H groups in total. The summed E-state index contributed by atoms with van der Waals surface area (Å²) in [5.41, 5.74) is 4.22. The van der Waals surface area contributed by atoms with Gasteiger partial charge in [-0.2, -0.15) is 0 Å². The molecule has 2 aliphatic rings. The lowest BCUT2D eigenvalue weighted by Gasteiger charge is -2.33. The van der Waals surface area contributed by atoms with Gasteiger partial charge in [0.15, 0.2) is 5.13 Å². The molecule has 1 saturated carbocycles. The van der Waals surface area contributed by atoms with Gasteiger partial charge in [0, 0.05) is 43.1 Å².